The van der Waals surface area contributed by atoms with Crippen LogP contribution in [0.3, 0.4) is 0 Å². The molecule has 1 aromatic rings. The number of carbonyl (C=O) groups is 1. The van der Waals surface area contributed by atoms with Crippen molar-refractivity contribution in [1.82, 2.24) is 0 Å². The van der Waals surface area contributed by atoms with E-state index in [1.165, 1.54) is 6.08 Å². The fourth-order valence-electron chi connectivity index (χ4n) is 0.847. The standard InChI is InChI=1S/C10H8N2O/c11-7-9-3-1-8(2-4-9)5-6-10(12)13/h1-6H,(H2,12,13)/b6-5+. The predicted octanol–water partition coefficient (Wildman–Crippen LogP) is 1.06. The van der Waals surface area contributed by atoms with Gasteiger partial charge in [0.1, 0.15) is 0 Å². The van der Waals surface area contributed by atoms with Gasteiger partial charge in [-0.3, -0.25) is 4.79 Å². The average Bonchev–Trinajstić information content (AvgIpc) is 2.15. The maximum absolute atomic E-state index is 10.4. The number of hydrogen-bond donors (Lipinski definition) is 1. The van der Waals surface area contributed by atoms with Gasteiger partial charge in [0.15, 0.2) is 0 Å². The van der Waals surface area contributed by atoms with E-state index in [0.717, 1.165) is 5.56 Å². The summed E-state index contributed by atoms with van der Waals surface area (Å²) in [6, 6.07) is 8.86. The van der Waals surface area contributed by atoms with Gasteiger partial charge in [-0.25, -0.2) is 0 Å². The Kier molecular flexibility index (Phi) is 2.82. The summed E-state index contributed by atoms with van der Waals surface area (Å²) < 4.78 is 0. The molecule has 0 saturated heterocycles. The third kappa shape index (κ3) is 2.80. The number of amides is 1. The number of primary amides is 1. The fourth-order valence-corrected chi connectivity index (χ4v) is 0.847. The quantitative estimate of drug-likeness (QED) is 0.677. The predicted molar refractivity (Wildman–Crippen MR) is 49.4 cm³/mol. The summed E-state index contributed by atoms with van der Waals surface area (Å²) in [7, 11) is 0. The smallest absolute Gasteiger partial charge is 0.241 e. The maximum Gasteiger partial charge on any atom is 0.241 e. The highest BCUT2D eigenvalue weighted by Crippen LogP contribution is 2.04. The Hall–Kier alpha value is -2.08. The number of carbonyl (C=O) groups excluding carboxylic acids is 1. The molecule has 0 aliphatic rings. The third-order valence-corrected chi connectivity index (χ3v) is 1.48. The monoisotopic (exact) mass is 172 g/mol. The lowest BCUT2D eigenvalue weighted by molar-refractivity contribution is -0.113. The van der Waals surface area contributed by atoms with E-state index in [-0.39, 0.29) is 0 Å². The Morgan fingerprint density at radius 1 is 1.38 bits per heavy atom. The van der Waals surface area contributed by atoms with Gasteiger partial charge in [-0.15, -0.1) is 0 Å². The molecular formula is C10H8N2O. The van der Waals surface area contributed by atoms with Crippen LogP contribution in [0.15, 0.2) is 30.3 Å². The Morgan fingerprint density at radius 2 is 2.00 bits per heavy atom. The SMILES string of the molecule is N#Cc1ccc(/C=C/C(N)=O)cc1. The fraction of sp³-hybridized carbons (Fsp3) is 0. The lowest BCUT2D eigenvalue weighted by Crippen LogP contribution is -2.04. The van der Waals surface area contributed by atoms with Crippen molar-refractivity contribution in [3.05, 3.63) is 41.5 Å². The number of benzene rings is 1. The molecule has 3 heteroatoms. The number of nitrogens with zero attached hydrogens (tertiary/aromatic N) is 1. The molecule has 0 radical (unpaired) electrons. The summed E-state index contributed by atoms with van der Waals surface area (Å²) in [5.41, 5.74) is 6.36. The van der Waals surface area contributed by atoms with Crippen molar-refractivity contribution in [2.24, 2.45) is 5.73 Å². The minimum absolute atomic E-state index is 0.482. The second-order valence-electron chi connectivity index (χ2n) is 2.47. The van der Waals surface area contributed by atoms with E-state index in [1.54, 1.807) is 30.3 Å². The van der Waals surface area contributed by atoms with Gasteiger partial charge in [0.25, 0.3) is 0 Å². The van der Waals surface area contributed by atoms with Crippen LogP contribution < -0.4 is 5.73 Å². The Labute approximate surface area is 76.1 Å². The molecule has 3 nitrogen and oxygen atoms in total. The molecule has 13 heavy (non-hydrogen) atoms. The molecular weight excluding hydrogens is 164 g/mol. The van der Waals surface area contributed by atoms with Gasteiger partial charge < -0.3 is 5.73 Å². The van der Waals surface area contributed by atoms with Crippen molar-refractivity contribution in [2.75, 3.05) is 0 Å². The molecule has 0 spiro atoms. The van der Waals surface area contributed by atoms with Crippen LogP contribution in [-0.2, 0) is 4.79 Å². The van der Waals surface area contributed by atoms with Crippen LogP contribution >= 0.6 is 0 Å². The van der Waals surface area contributed by atoms with Crippen molar-refractivity contribution in [3.8, 4) is 6.07 Å². The van der Waals surface area contributed by atoms with Gasteiger partial charge in [-0.2, -0.15) is 5.26 Å². The molecule has 0 atom stereocenters. The summed E-state index contributed by atoms with van der Waals surface area (Å²) >= 11 is 0. The molecule has 1 amide bonds. The van der Waals surface area contributed by atoms with Crippen molar-refractivity contribution in [1.29, 1.82) is 5.26 Å². The van der Waals surface area contributed by atoms with Gasteiger partial charge in [-0.1, -0.05) is 12.1 Å². The molecule has 0 aliphatic carbocycles. The zero-order valence-corrected chi connectivity index (χ0v) is 6.90. The molecule has 1 rings (SSSR count). The van der Waals surface area contributed by atoms with Crippen LogP contribution in [0.4, 0.5) is 0 Å². The van der Waals surface area contributed by atoms with Gasteiger partial charge in [0.2, 0.25) is 5.91 Å². The molecule has 0 saturated carbocycles. The lowest BCUT2D eigenvalue weighted by Gasteiger charge is -1.91. The number of hydrogen-bond acceptors (Lipinski definition) is 2. The summed E-state index contributed by atoms with van der Waals surface area (Å²) in [4.78, 5) is 10.4. The molecule has 1 aromatic carbocycles. The molecule has 0 aliphatic heterocycles. The highest BCUT2D eigenvalue weighted by molar-refractivity contribution is 5.90. The first-order valence-electron chi connectivity index (χ1n) is 3.70. The van der Waals surface area contributed by atoms with Gasteiger partial charge in [0.05, 0.1) is 11.6 Å². The summed E-state index contributed by atoms with van der Waals surface area (Å²) in [5.74, 6) is -0.482. The van der Waals surface area contributed by atoms with E-state index >= 15 is 0 Å². The van der Waals surface area contributed by atoms with E-state index < -0.39 is 5.91 Å². The molecule has 0 aromatic heterocycles. The van der Waals surface area contributed by atoms with Crippen LogP contribution in [-0.4, -0.2) is 5.91 Å². The van der Waals surface area contributed by atoms with Crippen LogP contribution in [0.5, 0.6) is 0 Å². The van der Waals surface area contributed by atoms with E-state index in [9.17, 15) is 4.79 Å². The van der Waals surface area contributed by atoms with Gasteiger partial charge in [0, 0.05) is 6.08 Å². The van der Waals surface area contributed by atoms with Crippen molar-refractivity contribution in [2.45, 2.75) is 0 Å². The number of nitrogens with two attached hydrogens (primary N) is 1. The molecule has 0 bridgehead atoms. The summed E-state index contributed by atoms with van der Waals surface area (Å²) in [5, 5.41) is 8.50. The van der Waals surface area contributed by atoms with Gasteiger partial charge >= 0.3 is 0 Å². The third-order valence-electron chi connectivity index (χ3n) is 1.48. The van der Waals surface area contributed by atoms with Gasteiger partial charge in [-0.05, 0) is 23.8 Å². The topological polar surface area (TPSA) is 66.9 Å². The summed E-state index contributed by atoms with van der Waals surface area (Å²) in [6.45, 7) is 0. The van der Waals surface area contributed by atoms with E-state index in [4.69, 9.17) is 11.0 Å². The number of nitriles is 1. The Morgan fingerprint density at radius 3 is 2.46 bits per heavy atom. The first-order chi connectivity index (χ1) is 6.22. The first-order valence-corrected chi connectivity index (χ1v) is 3.70. The van der Waals surface area contributed by atoms with Crippen molar-refractivity contribution in [3.63, 3.8) is 0 Å². The van der Waals surface area contributed by atoms with Crippen molar-refractivity contribution < 1.29 is 4.79 Å². The van der Waals surface area contributed by atoms with E-state index in [0.29, 0.717) is 5.56 Å². The molecule has 0 unspecified atom stereocenters. The Balaban J connectivity index is 2.82. The second kappa shape index (κ2) is 4.07. The maximum atomic E-state index is 10.4. The Bertz CT molecular complexity index is 371. The largest absolute Gasteiger partial charge is 0.366 e. The van der Waals surface area contributed by atoms with Crippen LogP contribution in [0.2, 0.25) is 0 Å². The lowest BCUT2D eigenvalue weighted by atomic mass is 10.1. The average molecular weight is 172 g/mol. The normalized spacial score (nSPS) is 9.77. The zero-order chi connectivity index (χ0) is 9.68. The minimum atomic E-state index is -0.482. The second-order valence-corrected chi connectivity index (χ2v) is 2.47. The molecule has 0 fully saturated rings. The molecule has 2 N–H and O–H groups in total. The highest BCUT2D eigenvalue weighted by atomic mass is 16.1. The summed E-state index contributed by atoms with van der Waals surface area (Å²) in [6.07, 6.45) is 2.88. The van der Waals surface area contributed by atoms with Crippen LogP contribution in [0.25, 0.3) is 6.08 Å². The molecule has 0 heterocycles. The molecule has 64 valence electrons. The first kappa shape index (κ1) is 9.01. The number of rotatable bonds is 2. The highest BCUT2D eigenvalue weighted by Gasteiger charge is 1.89. The minimum Gasteiger partial charge on any atom is -0.366 e. The van der Waals surface area contributed by atoms with E-state index in [1.807, 2.05) is 6.07 Å². The van der Waals surface area contributed by atoms with Crippen molar-refractivity contribution >= 4 is 12.0 Å². The van der Waals surface area contributed by atoms with Crippen LogP contribution in [0, 0.1) is 11.3 Å². The zero-order valence-electron chi connectivity index (χ0n) is 6.90. The van der Waals surface area contributed by atoms with E-state index in [2.05, 4.69) is 0 Å². The van der Waals surface area contributed by atoms with Crippen LogP contribution in [0.1, 0.15) is 11.1 Å².